The summed E-state index contributed by atoms with van der Waals surface area (Å²) < 4.78 is 0. The van der Waals surface area contributed by atoms with Crippen molar-refractivity contribution in [2.75, 3.05) is 26.7 Å². The summed E-state index contributed by atoms with van der Waals surface area (Å²) in [6, 6.07) is 19.2. The van der Waals surface area contributed by atoms with Gasteiger partial charge in [0.1, 0.15) is 0 Å². The van der Waals surface area contributed by atoms with E-state index in [2.05, 4.69) is 77.6 Å². The molecule has 6 heteroatoms. The number of piperidine rings is 1. The molecule has 0 unspecified atom stereocenters. The number of aliphatic hydroxyl groups excluding tert-OH is 1. The average Bonchev–Trinajstić information content (AvgIpc) is 2.74. The lowest BCUT2D eigenvalue weighted by Crippen LogP contribution is -2.38. The number of benzene rings is 2. The summed E-state index contributed by atoms with van der Waals surface area (Å²) in [4.78, 5) is 9.41. The Morgan fingerprint density at radius 3 is 2.30 bits per heavy atom. The summed E-state index contributed by atoms with van der Waals surface area (Å²) in [5.41, 5.74) is 3.81. The predicted octanol–water partition coefficient (Wildman–Crippen LogP) is 3.86. The Balaban J connectivity index is 0.00000320. The molecular weight excluding hydrogens is 487 g/mol. The van der Waals surface area contributed by atoms with Crippen molar-refractivity contribution in [3.05, 3.63) is 71.3 Å². The van der Waals surface area contributed by atoms with Crippen LogP contribution in [0.2, 0.25) is 0 Å². The number of halogens is 1. The molecule has 0 amide bonds. The van der Waals surface area contributed by atoms with Crippen molar-refractivity contribution in [1.29, 1.82) is 0 Å². The van der Waals surface area contributed by atoms with E-state index in [9.17, 15) is 5.11 Å². The molecule has 0 spiro atoms. The Morgan fingerprint density at radius 2 is 1.67 bits per heavy atom. The molecule has 1 aliphatic heterocycles. The largest absolute Gasteiger partial charge is 0.393 e. The molecule has 1 heterocycles. The van der Waals surface area contributed by atoms with Gasteiger partial charge >= 0.3 is 0 Å². The molecule has 2 aromatic rings. The summed E-state index contributed by atoms with van der Waals surface area (Å²) in [6.45, 7) is 7.36. The van der Waals surface area contributed by atoms with Gasteiger partial charge in [-0.05, 0) is 36.5 Å². The van der Waals surface area contributed by atoms with Gasteiger partial charge in [0.05, 0.1) is 12.6 Å². The van der Waals surface area contributed by atoms with Crippen LogP contribution in [0, 0.1) is 0 Å². The van der Waals surface area contributed by atoms with Crippen LogP contribution in [0.3, 0.4) is 0 Å². The van der Waals surface area contributed by atoms with Gasteiger partial charge in [-0.25, -0.2) is 4.99 Å². The molecular formula is C24H35IN4O. The first-order chi connectivity index (χ1) is 14.1. The van der Waals surface area contributed by atoms with Crippen molar-refractivity contribution in [2.45, 2.75) is 45.5 Å². The third-order valence-electron chi connectivity index (χ3n) is 5.36. The maximum Gasteiger partial charge on any atom is 0.194 e. The molecule has 5 nitrogen and oxygen atoms in total. The molecule has 2 N–H and O–H groups in total. The minimum absolute atomic E-state index is 0. The van der Waals surface area contributed by atoms with E-state index < -0.39 is 0 Å². The standard InChI is InChI=1S/C24H34N4O.HI/c1-3-25-24(27(2)18-21-7-5-4-6-8-21)26-17-20-9-11-22(12-10-20)19-28-15-13-23(29)14-16-28;/h4-12,23,29H,3,13-19H2,1-2H3,(H,25,26);1H. The molecule has 1 fully saturated rings. The van der Waals surface area contributed by atoms with E-state index in [4.69, 9.17) is 4.99 Å². The highest BCUT2D eigenvalue weighted by atomic mass is 127. The molecule has 0 aromatic heterocycles. The Kier molecular flexibility index (Phi) is 10.6. The fraction of sp³-hybridized carbons (Fsp3) is 0.458. The minimum Gasteiger partial charge on any atom is -0.393 e. The van der Waals surface area contributed by atoms with E-state index in [0.717, 1.165) is 51.5 Å². The first kappa shape index (κ1) is 24.6. The van der Waals surface area contributed by atoms with Gasteiger partial charge in [-0.15, -0.1) is 24.0 Å². The third kappa shape index (κ3) is 7.89. The smallest absolute Gasteiger partial charge is 0.194 e. The van der Waals surface area contributed by atoms with Gasteiger partial charge in [-0.2, -0.15) is 0 Å². The number of guanidine groups is 1. The van der Waals surface area contributed by atoms with E-state index >= 15 is 0 Å². The monoisotopic (exact) mass is 522 g/mol. The van der Waals surface area contributed by atoms with Gasteiger partial charge in [0.25, 0.3) is 0 Å². The second-order valence-electron chi connectivity index (χ2n) is 7.84. The van der Waals surface area contributed by atoms with Crippen LogP contribution >= 0.6 is 24.0 Å². The average molecular weight is 522 g/mol. The van der Waals surface area contributed by atoms with E-state index in [-0.39, 0.29) is 30.1 Å². The van der Waals surface area contributed by atoms with E-state index in [0.29, 0.717) is 6.54 Å². The number of aliphatic hydroxyl groups is 1. The number of aliphatic imine (C=N–C) groups is 1. The molecule has 0 bridgehead atoms. The second kappa shape index (κ2) is 12.9. The highest BCUT2D eigenvalue weighted by Gasteiger charge is 2.16. The van der Waals surface area contributed by atoms with E-state index in [1.165, 1.54) is 16.7 Å². The summed E-state index contributed by atoms with van der Waals surface area (Å²) in [7, 11) is 2.08. The zero-order valence-electron chi connectivity index (χ0n) is 18.1. The van der Waals surface area contributed by atoms with Gasteiger partial charge in [0.2, 0.25) is 0 Å². The first-order valence-corrected chi connectivity index (χ1v) is 10.7. The lowest BCUT2D eigenvalue weighted by Gasteiger charge is -2.29. The second-order valence-corrected chi connectivity index (χ2v) is 7.84. The van der Waals surface area contributed by atoms with Crippen molar-refractivity contribution in [3.8, 4) is 0 Å². The fourth-order valence-corrected chi connectivity index (χ4v) is 3.65. The fourth-order valence-electron chi connectivity index (χ4n) is 3.65. The van der Waals surface area contributed by atoms with Crippen LogP contribution in [0.1, 0.15) is 36.5 Å². The molecule has 0 aliphatic carbocycles. The zero-order valence-corrected chi connectivity index (χ0v) is 20.5. The normalized spacial score (nSPS) is 15.5. The molecule has 164 valence electrons. The number of likely N-dealkylation sites (tertiary alicyclic amines) is 1. The highest BCUT2D eigenvalue weighted by molar-refractivity contribution is 14.0. The molecule has 0 radical (unpaired) electrons. The van der Waals surface area contributed by atoms with Gasteiger partial charge < -0.3 is 15.3 Å². The van der Waals surface area contributed by atoms with Crippen LogP contribution in [0.4, 0.5) is 0 Å². The molecule has 0 atom stereocenters. The van der Waals surface area contributed by atoms with Gasteiger partial charge in [-0.1, -0.05) is 54.6 Å². The summed E-state index contributed by atoms with van der Waals surface area (Å²) in [5, 5.41) is 13.0. The number of nitrogens with zero attached hydrogens (tertiary/aromatic N) is 3. The van der Waals surface area contributed by atoms with Crippen LogP contribution in [-0.2, 0) is 19.6 Å². The van der Waals surface area contributed by atoms with E-state index in [1.807, 2.05) is 6.07 Å². The number of hydrogen-bond donors (Lipinski definition) is 2. The predicted molar refractivity (Wildman–Crippen MR) is 135 cm³/mol. The van der Waals surface area contributed by atoms with E-state index in [1.54, 1.807) is 0 Å². The van der Waals surface area contributed by atoms with Crippen molar-refractivity contribution >= 4 is 29.9 Å². The number of nitrogens with one attached hydrogen (secondary N) is 1. The maximum atomic E-state index is 9.65. The number of rotatable bonds is 7. The Bertz CT molecular complexity index is 759. The molecule has 0 saturated carbocycles. The molecule has 3 rings (SSSR count). The molecule has 1 saturated heterocycles. The lowest BCUT2D eigenvalue weighted by molar-refractivity contribution is 0.0792. The maximum absolute atomic E-state index is 9.65. The highest BCUT2D eigenvalue weighted by Crippen LogP contribution is 2.14. The Labute approximate surface area is 198 Å². The Morgan fingerprint density at radius 1 is 1.03 bits per heavy atom. The quantitative estimate of drug-likeness (QED) is 0.330. The molecule has 2 aromatic carbocycles. The van der Waals surface area contributed by atoms with Gasteiger partial charge in [0.15, 0.2) is 5.96 Å². The van der Waals surface area contributed by atoms with Crippen molar-refractivity contribution in [1.82, 2.24) is 15.1 Å². The SMILES string of the molecule is CCNC(=NCc1ccc(CN2CCC(O)CC2)cc1)N(C)Cc1ccccc1.I. The topological polar surface area (TPSA) is 51.1 Å². The van der Waals surface area contributed by atoms with Crippen LogP contribution in [0.5, 0.6) is 0 Å². The molecule has 30 heavy (non-hydrogen) atoms. The third-order valence-corrected chi connectivity index (χ3v) is 5.36. The lowest BCUT2D eigenvalue weighted by atomic mass is 10.1. The summed E-state index contributed by atoms with van der Waals surface area (Å²) in [6.07, 6.45) is 1.66. The zero-order chi connectivity index (χ0) is 20.5. The van der Waals surface area contributed by atoms with Crippen LogP contribution in [-0.4, -0.2) is 53.7 Å². The summed E-state index contributed by atoms with van der Waals surface area (Å²) >= 11 is 0. The summed E-state index contributed by atoms with van der Waals surface area (Å²) in [5.74, 6) is 0.923. The minimum atomic E-state index is -0.113. The van der Waals surface area contributed by atoms with Gasteiger partial charge in [0, 0.05) is 39.8 Å². The van der Waals surface area contributed by atoms with Crippen molar-refractivity contribution < 1.29 is 5.11 Å². The van der Waals surface area contributed by atoms with Crippen molar-refractivity contribution in [3.63, 3.8) is 0 Å². The Hall–Kier alpha value is -1.64. The van der Waals surface area contributed by atoms with Crippen LogP contribution in [0.25, 0.3) is 0 Å². The van der Waals surface area contributed by atoms with Crippen LogP contribution < -0.4 is 5.32 Å². The number of hydrogen-bond acceptors (Lipinski definition) is 3. The van der Waals surface area contributed by atoms with Crippen LogP contribution in [0.15, 0.2) is 59.6 Å². The van der Waals surface area contributed by atoms with Crippen molar-refractivity contribution in [2.24, 2.45) is 4.99 Å². The van der Waals surface area contributed by atoms with Gasteiger partial charge in [-0.3, -0.25) is 4.90 Å². The first-order valence-electron chi connectivity index (χ1n) is 10.7. The molecule has 1 aliphatic rings.